The lowest BCUT2D eigenvalue weighted by Gasteiger charge is -2.28. The van der Waals surface area contributed by atoms with Gasteiger partial charge in [-0.1, -0.05) is 0 Å². The van der Waals surface area contributed by atoms with Crippen LogP contribution < -0.4 is 16.0 Å². The molecule has 3 N–H and O–H groups in total. The molecule has 3 rings (SSSR count). The molecule has 1 saturated heterocycles. The van der Waals surface area contributed by atoms with Gasteiger partial charge in [0, 0.05) is 29.3 Å². The third-order valence-electron chi connectivity index (χ3n) is 4.32. The minimum absolute atomic E-state index is 0. The van der Waals surface area contributed by atoms with Crippen LogP contribution in [-0.2, 0) is 4.79 Å². The number of rotatable bonds is 4. The fourth-order valence-electron chi connectivity index (χ4n) is 2.83. The summed E-state index contributed by atoms with van der Waals surface area (Å²) in [4.78, 5) is 23.9. The summed E-state index contributed by atoms with van der Waals surface area (Å²) in [6.45, 7) is 3.08. The summed E-state index contributed by atoms with van der Waals surface area (Å²) in [6, 6.07) is 7.79. The first-order valence-corrected chi connectivity index (χ1v) is 8.07. The van der Waals surface area contributed by atoms with E-state index in [9.17, 15) is 9.59 Å². The van der Waals surface area contributed by atoms with Crippen molar-refractivity contribution in [1.29, 1.82) is 0 Å². The summed E-state index contributed by atoms with van der Waals surface area (Å²) in [7, 11) is 0. The number of amides is 2. The van der Waals surface area contributed by atoms with Gasteiger partial charge >= 0.3 is 0 Å². The molecule has 23 heavy (non-hydrogen) atoms. The van der Waals surface area contributed by atoms with Crippen LogP contribution >= 0.6 is 12.4 Å². The summed E-state index contributed by atoms with van der Waals surface area (Å²) in [5, 5.41) is 9.34. The molecular formula is C17H24ClN3O2. The maximum atomic E-state index is 12.3. The fraction of sp³-hybridized carbons (Fsp3) is 0.529. The first-order chi connectivity index (χ1) is 10.6. The number of halogens is 1. The van der Waals surface area contributed by atoms with E-state index in [0.717, 1.165) is 37.9 Å². The Bertz CT molecular complexity index is 557. The van der Waals surface area contributed by atoms with E-state index in [1.54, 1.807) is 24.3 Å². The Kier molecular flexibility index (Phi) is 6.02. The van der Waals surface area contributed by atoms with Crippen LogP contribution in [0.25, 0.3) is 0 Å². The Labute approximate surface area is 143 Å². The monoisotopic (exact) mass is 337 g/mol. The number of carbonyl (C=O) groups excluding carboxylic acids is 2. The number of nitrogens with one attached hydrogen (secondary N) is 3. The number of carbonyl (C=O) groups is 2. The normalized spacial score (nSPS) is 23.5. The summed E-state index contributed by atoms with van der Waals surface area (Å²) in [6.07, 6.45) is 3.90. The highest BCUT2D eigenvalue weighted by Gasteiger charge is 2.29. The number of hydrogen-bond acceptors (Lipinski definition) is 3. The second-order valence-corrected chi connectivity index (χ2v) is 6.39. The van der Waals surface area contributed by atoms with Gasteiger partial charge in [0.15, 0.2) is 0 Å². The lowest BCUT2D eigenvalue weighted by Crippen LogP contribution is -2.46. The second-order valence-electron chi connectivity index (χ2n) is 6.39. The minimum Gasteiger partial charge on any atom is -0.349 e. The number of benzene rings is 1. The highest BCUT2D eigenvalue weighted by atomic mass is 35.5. The first-order valence-electron chi connectivity index (χ1n) is 8.07. The standard InChI is InChI=1S/C17H23N3O2.ClH/c1-11-10-15(8-9-18-11)20-17(22)13-4-6-14(7-5-13)19-16(21)12-2-3-12;/h4-7,11-12,15,18H,2-3,8-10H2,1H3,(H,19,21)(H,20,22);1H. The molecule has 0 spiro atoms. The van der Waals surface area contributed by atoms with Gasteiger partial charge in [-0.2, -0.15) is 0 Å². The lowest BCUT2D eigenvalue weighted by atomic mass is 10.0. The predicted molar refractivity (Wildman–Crippen MR) is 93.0 cm³/mol. The predicted octanol–water partition coefficient (Wildman–Crippen LogP) is 2.33. The van der Waals surface area contributed by atoms with Crippen LogP contribution in [0, 0.1) is 5.92 Å². The van der Waals surface area contributed by atoms with Crippen molar-refractivity contribution in [2.24, 2.45) is 5.92 Å². The summed E-state index contributed by atoms with van der Waals surface area (Å²) in [5.74, 6) is 0.227. The zero-order valence-corrected chi connectivity index (χ0v) is 14.1. The summed E-state index contributed by atoms with van der Waals surface area (Å²) >= 11 is 0. The average Bonchev–Trinajstić information content (AvgIpc) is 3.32. The lowest BCUT2D eigenvalue weighted by molar-refractivity contribution is -0.117. The van der Waals surface area contributed by atoms with Crippen molar-refractivity contribution in [2.45, 2.75) is 44.7 Å². The van der Waals surface area contributed by atoms with Crippen LogP contribution in [0.5, 0.6) is 0 Å². The number of anilines is 1. The van der Waals surface area contributed by atoms with E-state index in [-0.39, 0.29) is 36.2 Å². The van der Waals surface area contributed by atoms with Gasteiger partial charge in [0.05, 0.1) is 0 Å². The molecule has 2 amide bonds. The Morgan fingerprint density at radius 2 is 1.83 bits per heavy atom. The molecule has 6 heteroatoms. The fourth-order valence-corrected chi connectivity index (χ4v) is 2.83. The SMILES string of the molecule is CC1CC(NC(=O)c2ccc(NC(=O)C3CC3)cc2)CCN1.Cl. The van der Waals surface area contributed by atoms with Crippen LogP contribution in [0.1, 0.15) is 43.0 Å². The van der Waals surface area contributed by atoms with Gasteiger partial charge < -0.3 is 16.0 Å². The molecule has 126 valence electrons. The van der Waals surface area contributed by atoms with Gasteiger partial charge in [0.25, 0.3) is 5.91 Å². The van der Waals surface area contributed by atoms with Crippen molar-refractivity contribution < 1.29 is 9.59 Å². The van der Waals surface area contributed by atoms with Crippen LogP contribution in [0.4, 0.5) is 5.69 Å². The molecule has 0 bridgehead atoms. The first kappa shape index (κ1) is 17.8. The summed E-state index contributed by atoms with van der Waals surface area (Å²) in [5.41, 5.74) is 1.39. The maximum Gasteiger partial charge on any atom is 0.251 e. The van der Waals surface area contributed by atoms with Crippen molar-refractivity contribution in [3.05, 3.63) is 29.8 Å². The van der Waals surface area contributed by atoms with Gasteiger partial charge in [0.1, 0.15) is 0 Å². The highest BCUT2D eigenvalue weighted by Crippen LogP contribution is 2.30. The van der Waals surface area contributed by atoms with Crippen molar-refractivity contribution >= 4 is 29.9 Å². The van der Waals surface area contributed by atoms with E-state index < -0.39 is 0 Å². The molecule has 1 aromatic rings. The quantitative estimate of drug-likeness (QED) is 0.789. The van der Waals surface area contributed by atoms with Crippen LogP contribution in [0.15, 0.2) is 24.3 Å². The summed E-state index contributed by atoms with van der Waals surface area (Å²) < 4.78 is 0. The van der Waals surface area contributed by atoms with Crippen molar-refractivity contribution in [1.82, 2.24) is 10.6 Å². The maximum absolute atomic E-state index is 12.3. The van der Waals surface area contributed by atoms with E-state index in [0.29, 0.717) is 11.6 Å². The molecule has 2 fully saturated rings. The zero-order chi connectivity index (χ0) is 15.5. The average molecular weight is 338 g/mol. The molecule has 2 aliphatic rings. The van der Waals surface area contributed by atoms with E-state index in [1.165, 1.54) is 0 Å². The molecule has 1 aromatic carbocycles. The van der Waals surface area contributed by atoms with Crippen molar-refractivity contribution in [3.63, 3.8) is 0 Å². The van der Waals surface area contributed by atoms with Gasteiger partial charge in [-0.05, 0) is 63.4 Å². The molecule has 1 heterocycles. The van der Waals surface area contributed by atoms with Crippen molar-refractivity contribution in [2.75, 3.05) is 11.9 Å². The largest absolute Gasteiger partial charge is 0.349 e. The van der Waals surface area contributed by atoms with Gasteiger partial charge in [-0.25, -0.2) is 0 Å². The molecule has 5 nitrogen and oxygen atoms in total. The zero-order valence-electron chi connectivity index (χ0n) is 13.3. The van der Waals surface area contributed by atoms with Crippen LogP contribution in [-0.4, -0.2) is 30.4 Å². The number of piperidine rings is 1. The molecular weight excluding hydrogens is 314 g/mol. The topological polar surface area (TPSA) is 70.2 Å². The van der Waals surface area contributed by atoms with E-state index >= 15 is 0 Å². The van der Waals surface area contributed by atoms with E-state index in [2.05, 4.69) is 22.9 Å². The molecule has 1 saturated carbocycles. The van der Waals surface area contributed by atoms with Gasteiger partial charge in [-0.15, -0.1) is 12.4 Å². The van der Waals surface area contributed by atoms with Gasteiger partial charge in [-0.3, -0.25) is 9.59 Å². The Hall–Kier alpha value is -1.59. The Morgan fingerprint density at radius 3 is 2.43 bits per heavy atom. The van der Waals surface area contributed by atoms with Gasteiger partial charge in [0.2, 0.25) is 5.91 Å². The third-order valence-corrected chi connectivity index (χ3v) is 4.32. The molecule has 1 aliphatic heterocycles. The van der Waals surface area contributed by atoms with E-state index in [4.69, 9.17) is 0 Å². The number of hydrogen-bond donors (Lipinski definition) is 3. The smallest absolute Gasteiger partial charge is 0.251 e. The molecule has 0 radical (unpaired) electrons. The molecule has 2 atom stereocenters. The Morgan fingerprint density at radius 1 is 1.13 bits per heavy atom. The van der Waals surface area contributed by atoms with Crippen LogP contribution in [0.3, 0.4) is 0 Å². The molecule has 2 unspecified atom stereocenters. The molecule has 1 aliphatic carbocycles. The highest BCUT2D eigenvalue weighted by molar-refractivity contribution is 5.96. The van der Waals surface area contributed by atoms with Crippen LogP contribution in [0.2, 0.25) is 0 Å². The Balaban J connectivity index is 0.00000192. The third kappa shape index (κ3) is 4.94. The van der Waals surface area contributed by atoms with Crippen molar-refractivity contribution in [3.8, 4) is 0 Å². The molecule has 0 aromatic heterocycles. The minimum atomic E-state index is -0.0424. The van der Waals surface area contributed by atoms with E-state index in [1.807, 2.05) is 0 Å². The second kappa shape index (κ2) is 7.79.